The van der Waals surface area contributed by atoms with Crippen LogP contribution in [0.3, 0.4) is 0 Å². The van der Waals surface area contributed by atoms with Crippen molar-refractivity contribution < 1.29 is 4.84 Å². The summed E-state index contributed by atoms with van der Waals surface area (Å²) in [6.45, 7) is 0.612. The minimum Gasteiger partial charge on any atom is -0.388 e. The van der Waals surface area contributed by atoms with Crippen molar-refractivity contribution in [2.24, 2.45) is 4.99 Å². The second kappa shape index (κ2) is 10.8. The number of rotatable bonds is 6. The van der Waals surface area contributed by atoms with E-state index in [4.69, 9.17) is 9.83 Å². The van der Waals surface area contributed by atoms with E-state index in [1.807, 2.05) is 30.3 Å². The lowest BCUT2D eigenvalue weighted by Crippen LogP contribution is -2.40. The Labute approximate surface area is 232 Å². The Morgan fingerprint density at radius 3 is 1.68 bits per heavy atom. The van der Waals surface area contributed by atoms with Gasteiger partial charge in [-0.25, -0.2) is 4.99 Å². The Morgan fingerprint density at radius 2 is 1.13 bits per heavy atom. The maximum atomic E-state index is 6.86. The van der Waals surface area contributed by atoms with Gasteiger partial charge >= 0.3 is 0 Å². The zero-order chi connectivity index (χ0) is 25.8. The predicted octanol–water partition coefficient (Wildman–Crippen LogP) is 8.65. The largest absolute Gasteiger partial charge is 0.388 e. The van der Waals surface area contributed by atoms with Gasteiger partial charge in [-0.3, -0.25) is 0 Å². The van der Waals surface area contributed by atoms with E-state index in [1.54, 1.807) is 0 Å². The van der Waals surface area contributed by atoms with E-state index in [-0.39, 0.29) is 6.04 Å². The first-order chi connectivity index (χ1) is 18.7. The van der Waals surface area contributed by atoms with E-state index < -0.39 is 5.41 Å². The van der Waals surface area contributed by atoms with Gasteiger partial charge in [0.25, 0.3) is 0 Å². The molecule has 0 spiro atoms. The second-order valence-electron chi connectivity index (χ2n) is 9.40. The minimum atomic E-state index is -0.689. The van der Waals surface area contributed by atoms with Gasteiger partial charge in [0, 0.05) is 4.47 Å². The van der Waals surface area contributed by atoms with Crippen molar-refractivity contribution in [3.8, 4) is 0 Å². The Hall–Kier alpha value is -3.99. The fraction of sp³-hybridized carbons (Fsp3) is 0.0882. The molecule has 0 saturated carbocycles. The highest BCUT2D eigenvalue weighted by Crippen LogP contribution is 2.53. The molecule has 0 radical (unpaired) electrons. The molecule has 5 aromatic carbocycles. The van der Waals surface area contributed by atoms with E-state index in [0.717, 1.165) is 26.9 Å². The van der Waals surface area contributed by atoms with Crippen LogP contribution in [0.5, 0.6) is 0 Å². The molecular weight excluding hydrogens is 532 g/mol. The van der Waals surface area contributed by atoms with Gasteiger partial charge in [0.15, 0.2) is 0 Å². The molecule has 1 heterocycles. The summed E-state index contributed by atoms with van der Waals surface area (Å²) in [4.78, 5) is 12.1. The number of nitrogens with zero attached hydrogens (tertiary/aromatic N) is 2. The minimum absolute atomic E-state index is 0.164. The van der Waals surface area contributed by atoms with Crippen molar-refractivity contribution in [2.45, 2.75) is 18.0 Å². The third-order valence-electron chi connectivity index (χ3n) is 7.05. The Balaban J connectivity index is 1.65. The molecule has 6 rings (SSSR count). The van der Waals surface area contributed by atoms with Crippen LogP contribution < -0.4 is 0 Å². The number of aliphatic imine (C=N–C) groups is 1. The highest BCUT2D eigenvalue weighted by molar-refractivity contribution is 9.10. The van der Waals surface area contributed by atoms with Crippen LogP contribution in [-0.2, 0) is 16.8 Å². The molecule has 1 unspecified atom stereocenters. The molecule has 0 amide bonds. The summed E-state index contributed by atoms with van der Waals surface area (Å²) in [5.74, 6) is 0.655. The molecule has 1 saturated heterocycles. The zero-order valence-corrected chi connectivity index (χ0v) is 22.4. The van der Waals surface area contributed by atoms with Gasteiger partial charge in [-0.15, -0.1) is 5.06 Å². The molecule has 1 atom stereocenters. The molecular formula is C34H27BrN2O. The fourth-order valence-electron chi connectivity index (χ4n) is 5.38. The average Bonchev–Trinajstić information content (AvgIpc) is 3.30. The van der Waals surface area contributed by atoms with Crippen molar-refractivity contribution in [3.05, 3.63) is 172 Å². The normalized spacial score (nSPS) is 17.8. The quantitative estimate of drug-likeness (QED) is 0.208. The van der Waals surface area contributed by atoms with Crippen LogP contribution >= 0.6 is 15.9 Å². The molecule has 0 aromatic heterocycles. The fourth-order valence-corrected chi connectivity index (χ4v) is 5.64. The van der Waals surface area contributed by atoms with Gasteiger partial charge in [0.1, 0.15) is 5.41 Å². The van der Waals surface area contributed by atoms with Crippen LogP contribution in [-0.4, -0.2) is 11.0 Å². The standard InChI is InChI=1S/C34H27BrN2O/c35-30-21-23-31(24-22-30)36-33-34(28-17-9-3-10-18-28,29-19-11-4-12-20-29)32(27-15-7-2-8-16-27)37(38-33)25-26-13-5-1-6-14-26/h1-24,32H,25H2. The zero-order valence-electron chi connectivity index (χ0n) is 20.8. The number of benzene rings is 5. The summed E-state index contributed by atoms with van der Waals surface area (Å²) in [6.07, 6.45) is 0. The van der Waals surface area contributed by atoms with Crippen molar-refractivity contribution in [1.82, 2.24) is 5.06 Å². The lowest BCUT2D eigenvalue weighted by Gasteiger charge is -2.35. The third kappa shape index (κ3) is 4.58. The highest BCUT2D eigenvalue weighted by atomic mass is 79.9. The Kier molecular flexibility index (Phi) is 6.91. The maximum absolute atomic E-state index is 6.86. The lowest BCUT2D eigenvalue weighted by atomic mass is 9.67. The summed E-state index contributed by atoms with van der Waals surface area (Å²) in [5, 5.41) is 2.10. The highest BCUT2D eigenvalue weighted by Gasteiger charge is 2.58. The molecule has 1 fully saturated rings. The van der Waals surface area contributed by atoms with Gasteiger partial charge in [-0.05, 0) is 46.5 Å². The molecule has 0 aliphatic carbocycles. The molecule has 38 heavy (non-hydrogen) atoms. The van der Waals surface area contributed by atoms with Gasteiger partial charge in [-0.2, -0.15) is 0 Å². The summed E-state index contributed by atoms with van der Waals surface area (Å²) in [5.41, 5.74) is 4.75. The molecule has 186 valence electrons. The van der Waals surface area contributed by atoms with Crippen LogP contribution in [0, 0.1) is 0 Å². The molecule has 3 nitrogen and oxygen atoms in total. The number of hydrogen-bond donors (Lipinski definition) is 0. The van der Waals surface area contributed by atoms with Gasteiger partial charge in [0.05, 0.1) is 18.3 Å². The van der Waals surface area contributed by atoms with E-state index >= 15 is 0 Å². The van der Waals surface area contributed by atoms with Gasteiger partial charge < -0.3 is 4.84 Å². The van der Waals surface area contributed by atoms with Gasteiger partial charge in [-0.1, -0.05) is 137 Å². The average molecular weight is 560 g/mol. The van der Waals surface area contributed by atoms with Crippen LogP contribution in [0.4, 0.5) is 5.69 Å². The lowest BCUT2D eigenvalue weighted by molar-refractivity contribution is -0.0894. The number of hydroxylamine groups is 2. The van der Waals surface area contributed by atoms with Crippen LogP contribution in [0.2, 0.25) is 0 Å². The van der Waals surface area contributed by atoms with Crippen LogP contribution in [0.1, 0.15) is 28.3 Å². The van der Waals surface area contributed by atoms with Crippen LogP contribution in [0.15, 0.2) is 155 Å². The summed E-state index contributed by atoms with van der Waals surface area (Å²) in [7, 11) is 0. The molecule has 5 aromatic rings. The second-order valence-corrected chi connectivity index (χ2v) is 10.3. The first-order valence-corrected chi connectivity index (χ1v) is 13.5. The topological polar surface area (TPSA) is 24.8 Å². The van der Waals surface area contributed by atoms with Crippen molar-refractivity contribution in [1.29, 1.82) is 0 Å². The van der Waals surface area contributed by atoms with Gasteiger partial charge in [0.2, 0.25) is 5.90 Å². The summed E-state index contributed by atoms with van der Waals surface area (Å²) in [6, 6.07) is 50.2. The van der Waals surface area contributed by atoms with E-state index in [9.17, 15) is 0 Å². The van der Waals surface area contributed by atoms with Crippen molar-refractivity contribution in [2.75, 3.05) is 0 Å². The molecule has 4 heteroatoms. The third-order valence-corrected chi connectivity index (χ3v) is 7.58. The first kappa shape index (κ1) is 24.4. The van der Waals surface area contributed by atoms with E-state index in [1.165, 1.54) is 5.56 Å². The Morgan fingerprint density at radius 1 is 0.632 bits per heavy atom. The van der Waals surface area contributed by atoms with Crippen molar-refractivity contribution in [3.63, 3.8) is 0 Å². The number of hydrogen-bond acceptors (Lipinski definition) is 3. The SMILES string of the molecule is Brc1ccc(N=C2ON(Cc3ccccc3)C(c3ccccc3)C2(c2ccccc2)c2ccccc2)cc1. The summed E-state index contributed by atoms with van der Waals surface area (Å²) < 4.78 is 1.01. The van der Waals surface area contributed by atoms with Crippen LogP contribution in [0.25, 0.3) is 0 Å². The number of halogens is 1. The van der Waals surface area contributed by atoms with E-state index in [0.29, 0.717) is 12.4 Å². The molecule has 0 N–H and O–H groups in total. The monoisotopic (exact) mass is 558 g/mol. The predicted molar refractivity (Wildman–Crippen MR) is 157 cm³/mol. The van der Waals surface area contributed by atoms with E-state index in [2.05, 4.69) is 136 Å². The summed E-state index contributed by atoms with van der Waals surface area (Å²) >= 11 is 3.55. The van der Waals surface area contributed by atoms with Crippen molar-refractivity contribution >= 4 is 27.5 Å². The maximum Gasteiger partial charge on any atom is 0.231 e. The smallest absolute Gasteiger partial charge is 0.231 e. The molecule has 0 bridgehead atoms. The Bertz CT molecular complexity index is 1470. The molecule has 1 aliphatic rings. The first-order valence-electron chi connectivity index (χ1n) is 12.7. The molecule has 1 aliphatic heterocycles.